The summed E-state index contributed by atoms with van der Waals surface area (Å²) in [5.41, 5.74) is 0. The number of aliphatic carboxylic acids is 1. The third-order valence-corrected chi connectivity index (χ3v) is 1.57. The van der Waals surface area contributed by atoms with E-state index in [9.17, 15) is 4.79 Å². The van der Waals surface area contributed by atoms with E-state index < -0.39 is 12.1 Å². The van der Waals surface area contributed by atoms with Gasteiger partial charge in [-0.15, -0.1) is 0 Å². The molecule has 6 heteroatoms. The molecule has 0 aliphatic carbocycles. The number of hydrogen-bond acceptors (Lipinski definition) is 5. The van der Waals surface area contributed by atoms with Gasteiger partial charge in [0.25, 0.3) is 0 Å². The molecule has 1 rings (SSSR count). The Labute approximate surface area is 80.9 Å². The second-order valence-corrected chi connectivity index (χ2v) is 2.52. The van der Waals surface area contributed by atoms with Crippen LogP contribution in [-0.4, -0.2) is 40.8 Å². The Hall–Kier alpha value is -1.69. The Morgan fingerprint density at radius 3 is 2.79 bits per heavy atom. The van der Waals surface area contributed by atoms with Gasteiger partial charge in [-0.3, -0.25) is 0 Å². The van der Waals surface area contributed by atoms with Crippen LogP contribution in [0, 0.1) is 0 Å². The zero-order chi connectivity index (χ0) is 10.4. The average molecular weight is 197 g/mol. The van der Waals surface area contributed by atoms with Crippen LogP contribution in [0.1, 0.15) is 0 Å². The van der Waals surface area contributed by atoms with Crippen LogP contribution in [0.3, 0.4) is 0 Å². The van der Waals surface area contributed by atoms with Gasteiger partial charge in [-0.25, -0.2) is 14.8 Å². The van der Waals surface area contributed by atoms with Gasteiger partial charge in [-0.05, 0) is 6.07 Å². The highest BCUT2D eigenvalue weighted by Crippen LogP contribution is 1.96. The number of anilines is 1. The maximum absolute atomic E-state index is 10.5. The van der Waals surface area contributed by atoms with E-state index in [0.717, 1.165) is 0 Å². The minimum atomic E-state index is -1.02. The minimum absolute atomic E-state index is 0.135. The molecule has 0 amide bonds. The first kappa shape index (κ1) is 10.4. The third kappa shape index (κ3) is 2.98. The monoisotopic (exact) mass is 197 g/mol. The molecule has 1 unspecified atom stereocenters. The fourth-order valence-electron chi connectivity index (χ4n) is 0.846. The van der Waals surface area contributed by atoms with E-state index in [1.54, 1.807) is 18.5 Å². The summed E-state index contributed by atoms with van der Waals surface area (Å²) in [5.74, 6) is -0.633. The van der Waals surface area contributed by atoms with Gasteiger partial charge in [0.05, 0.1) is 6.54 Å². The molecule has 2 N–H and O–H groups in total. The van der Waals surface area contributed by atoms with Gasteiger partial charge in [0.1, 0.15) is 0 Å². The van der Waals surface area contributed by atoms with E-state index in [2.05, 4.69) is 15.3 Å². The third-order valence-electron chi connectivity index (χ3n) is 1.57. The molecule has 1 atom stereocenters. The first-order valence-corrected chi connectivity index (χ1v) is 4.00. The van der Waals surface area contributed by atoms with Gasteiger partial charge in [0.2, 0.25) is 5.95 Å². The number of rotatable bonds is 5. The number of carboxylic acids is 1. The van der Waals surface area contributed by atoms with Crippen LogP contribution in [0.2, 0.25) is 0 Å². The zero-order valence-electron chi connectivity index (χ0n) is 7.67. The summed E-state index contributed by atoms with van der Waals surface area (Å²) in [4.78, 5) is 18.3. The first-order chi connectivity index (χ1) is 6.74. The van der Waals surface area contributed by atoms with E-state index in [4.69, 9.17) is 9.84 Å². The van der Waals surface area contributed by atoms with Crippen LogP contribution < -0.4 is 5.32 Å². The summed E-state index contributed by atoms with van der Waals surface area (Å²) in [6, 6.07) is 1.68. The maximum atomic E-state index is 10.5. The van der Waals surface area contributed by atoms with Crippen molar-refractivity contribution in [1.82, 2.24) is 9.97 Å². The lowest BCUT2D eigenvalue weighted by molar-refractivity contribution is -0.147. The predicted octanol–water partition coefficient (Wildman–Crippen LogP) is -0.0119. The minimum Gasteiger partial charge on any atom is -0.479 e. The summed E-state index contributed by atoms with van der Waals surface area (Å²) in [6.45, 7) is 0.135. The van der Waals surface area contributed by atoms with Crippen LogP contribution in [0.4, 0.5) is 5.95 Å². The van der Waals surface area contributed by atoms with E-state index in [1.165, 1.54) is 7.11 Å². The quantitative estimate of drug-likeness (QED) is 0.690. The summed E-state index contributed by atoms with van der Waals surface area (Å²) < 4.78 is 4.72. The molecule has 1 aromatic heterocycles. The number of methoxy groups -OCH3 is 1. The number of aromatic nitrogens is 2. The van der Waals surface area contributed by atoms with Gasteiger partial charge >= 0.3 is 5.97 Å². The van der Waals surface area contributed by atoms with E-state index >= 15 is 0 Å². The molecule has 1 aromatic rings. The number of carbonyl (C=O) groups is 1. The normalized spacial score (nSPS) is 12.1. The molecule has 0 saturated heterocycles. The molecule has 0 aromatic carbocycles. The lowest BCUT2D eigenvalue weighted by atomic mass is 10.3. The van der Waals surface area contributed by atoms with Crippen LogP contribution in [0.5, 0.6) is 0 Å². The zero-order valence-corrected chi connectivity index (χ0v) is 7.67. The molecular weight excluding hydrogens is 186 g/mol. The summed E-state index contributed by atoms with van der Waals surface area (Å²) in [5, 5.41) is 11.4. The fourth-order valence-corrected chi connectivity index (χ4v) is 0.846. The Balaban J connectivity index is 2.44. The molecule has 6 nitrogen and oxygen atoms in total. The summed E-state index contributed by atoms with van der Waals surface area (Å²) in [6.07, 6.45) is 2.24. The molecule has 0 radical (unpaired) electrons. The highest BCUT2D eigenvalue weighted by atomic mass is 16.5. The molecule has 0 bridgehead atoms. The number of ether oxygens (including phenoxy) is 1. The van der Waals surface area contributed by atoms with Crippen molar-refractivity contribution in [3.63, 3.8) is 0 Å². The number of nitrogens with zero attached hydrogens (tertiary/aromatic N) is 2. The number of carboxylic acid groups (broad SMARTS) is 1. The fraction of sp³-hybridized carbons (Fsp3) is 0.375. The standard InChI is InChI=1S/C8H11N3O3/c1-14-6(7(12)13)5-11-8-9-3-2-4-10-8/h2-4,6H,5H2,1H3,(H,12,13)(H,9,10,11). The van der Waals surface area contributed by atoms with E-state index in [1.807, 2.05) is 0 Å². The molecule has 0 aliphatic heterocycles. The van der Waals surface area contributed by atoms with Crippen molar-refractivity contribution in [3.8, 4) is 0 Å². The van der Waals surface area contributed by atoms with Crippen LogP contribution in [0.25, 0.3) is 0 Å². The molecule has 0 fully saturated rings. The summed E-state index contributed by atoms with van der Waals surface area (Å²) >= 11 is 0. The molecule has 0 aliphatic rings. The topological polar surface area (TPSA) is 84.3 Å². The average Bonchev–Trinajstić information content (AvgIpc) is 2.20. The van der Waals surface area contributed by atoms with Crippen molar-refractivity contribution in [2.75, 3.05) is 19.0 Å². The lowest BCUT2D eigenvalue weighted by Crippen LogP contribution is -2.30. The molecule has 14 heavy (non-hydrogen) atoms. The number of nitrogens with one attached hydrogen (secondary N) is 1. The van der Waals surface area contributed by atoms with Crippen LogP contribution in [-0.2, 0) is 9.53 Å². The highest BCUT2D eigenvalue weighted by molar-refractivity contribution is 5.73. The van der Waals surface area contributed by atoms with E-state index in [0.29, 0.717) is 5.95 Å². The van der Waals surface area contributed by atoms with Crippen molar-refractivity contribution < 1.29 is 14.6 Å². The molecule has 1 heterocycles. The Kier molecular flexibility index (Phi) is 3.81. The first-order valence-electron chi connectivity index (χ1n) is 4.00. The van der Waals surface area contributed by atoms with Crippen molar-refractivity contribution in [3.05, 3.63) is 18.5 Å². The Bertz CT molecular complexity index is 291. The van der Waals surface area contributed by atoms with Crippen molar-refractivity contribution in [2.24, 2.45) is 0 Å². The second kappa shape index (κ2) is 5.13. The van der Waals surface area contributed by atoms with Gasteiger partial charge in [-0.1, -0.05) is 0 Å². The largest absolute Gasteiger partial charge is 0.479 e. The van der Waals surface area contributed by atoms with Gasteiger partial charge in [0.15, 0.2) is 6.10 Å². The molecule has 0 saturated carbocycles. The van der Waals surface area contributed by atoms with E-state index in [-0.39, 0.29) is 6.54 Å². The SMILES string of the molecule is COC(CNc1ncccn1)C(=O)O. The van der Waals surface area contributed by atoms with Gasteiger partial charge in [0, 0.05) is 19.5 Å². The van der Waals surface area contributed by atoms with Gasteiger partial charge in [-0.2, -0.15) is 0 Å². The van der Waals surface area contributed by atoms with Crippen LogP contribution >= 0.6 is 0 Å². The lowest BCUT2D eigenvalue weighted by Gasteiger charge is -2.10. The highest BCUT2D eigenvalue weighted by Gasteiger charge is 2.15. The molecular formula is C8H11N3O3. The maximum Gasteiger partial charge on any atom is 0.334 e. The van der Waals surface area contributed by atoms with Crippen molar-refractivity contribution in [1.29, 1.82) is 0 Å². The Morgan fingerprint density at radius 1 is 1.64 bits per heavy atom. The number of hydrogen-bond donors (Lipinski definition) is 2. The van der Waals surface area contributed by atoms with Crippen molar-refractivity contribution in [2.45, 2.75) is 6.10 Å². The second-order valence-electron chi connectivity index (χ2n) is 2.52. The van der Waals surface area contributed by atoms with Gasteiger partial charge < -0.3 is 15.2 Å². The van der Waals surface area contributed by atoms with Crippen LogP contribution in [0.15, 0.2) is 18.5 Å². The van der Waals surface area contributed by atoms with Crippen molar-refractivity contribution >= 4 is 11.9 Å². The molecule has 0 spiro atoms. The molecule has 76 valence electrons. The predicted molar refractivity (Wildman–Crippen MR) is 49.0 cm³/mol. The summed E-state index contributed by atoms with van der Waals surface area (Å²) in [7, 11) is 1.34. The smallest absolute Gasteiger partial charge is 0.334 e. The Morgan fingerprint density at radius 2 is 2.29 bits per heavy atom.